The van der Waals surface area contributed by atoms with Crippen molar-refractivity contribution in [3.63, 3.8) is 0 Å². The molecule has 0 radical (unpaired) electrons. The number of nitrogens with one attached hydrogen (secondary N) is 2. The lowest BCUT2D eigenvalue weighted by molar-refractivity contribution is -0.121. The van der Waals surface area contributed by atoms with Gasteiger partial charge in [0.25, 0.3) is 11.8 Å². The smallest absolute Gasteiger partial charge is 0.264 e. The molecule has 1 aromatic heterocycles. The lowest BCUT2D eigenvalue weighted by atomic mass is 9.93. The van der Waals surface area contributed by atoms with Gasteiger partial charge in [0.15, 0.2) is 0 Å². The number of hydrogen-bond acceptors (Lipinski definition) is 5. The number of phenolic OH excluding ortho intramolecular Hbond substituents is 1. The summed E-state index contributed by atoms with van der Waals surface area (Å²) >= 11 is 1.49. The number of rotatable bonds is 1. The van der Waals surface area contributed by atoms with Crippen LogP contribution >= 0.6 is 11.3 Å². The van der Waals surface area contributed by atoms with E-state index in [-0.39, 0.29) is 30.0 Å². The fraction of sp³-hybridized carbons (Fsp3) is 0.367. The van der Waals surface area contributed by atoms with E-state index in [1.54, 1.807) is 23.1 Å². The molecule has 5 rings (SSSR count). The van der Waals surface area contributed by atoms with Crippen molar-refractivity contribution in [1.82, 2.24) is 15.5 Å². The second-order valence-electron chi connectivity index (χ2n) is 10.00. The Labute approximate surface area is 226 Å². The van der Waals surface area contributed by atoms with Gasteiger partial charge in [-0.25, -0.2) is 0 Å². The Hall–Kier alpha value is -3.65. The fourth-order valence-corrected chi connectivity index (χ4v) is 6.33. The van der Waals surface area contributed by atoms with Gasteiger partial charge in [0, 0.05) is 30.8 Å². The molecule has 2 aromatic carbocycles. The highest BCUT2D eigenvalue weighted by Gasteiger charge is 2.25. The van der Waals surface area contributed by atoms with Gasteiger partial charge in [0.2, 0.25) is 5.91 Å². The minimum atomic E-state index is -0.190. The summed E-state index contributed by atoms with van der Waals surface area (Å²) in [6.07, 6.45) is 6.11. The number of hydrogen-bond donors (Lipinski definition) is 3. The first-order valence-electron chi connectivity index (χ1n) is 13.4. The Morgan fingerprint density at radius 3 is 2.63 bits per heavy atom. The first-order chi connectivity index (χ1) is 18.5. The average Bonchev–Trinajstić information content (AvgIpc) is 3.36. The molecular weight excluding hydrogens is 498 g/mol. The highest BCUT2D eigenvalue weighted by molar-refractivity contribution is 7.12. The van der Waals surface area contributed by atoms with Crippen molar-refractivity contribution in [3.05, 3.63) is 75.0 Å². The highest BCUT2D eigenvalue weighted by atomic mass is 32.1. The summed E-state index contributed by atoms with van der Waals surface area (Å²) in [5.41, 5.74) is 5.30. The van der Waals surface area contributed by atoms with Gasteiger partial charge in [0.1, 0.15) is 5.75 Å². The molecule has 0 unspecified atom stereocenters. The van der Waals surface area contributed by atoms with Crippen molar-refractivity contribution < 1.29 is 19.5 Å². The third kappa shape index (κ3) is 5.91. The second-order valence-corrected chi connectivity index (χ2v) is 10.9. The molecule has 38 heavy (non-hydrogen) atoms. The largest absolute Gasteiger partial charge is 0.507 e. The molecule has 2 aliphatic rings. The standard InChI is InChI=1S/C30H33N3O4S/c34-26-11-10-20-12-14-31-27(35)18-33(30(37)28-24-9-2-1-6-23(24)19-38-28)15-4-3-13-32-29(36)22-8-5-7-21(17-22)25(26)16-20/h5,7-8,10-11,16-17,19,34H,1-4,6,9,12-15,18H2,(H,31,35)(H,32,36). The molecule has 2 heterocycles. The van der Waals surface area contributed by atoms with Crippen LogP contribution in [0, 0.1) is 0 Å². The topological polar surface area (TPSA) is 98.7 Å². The van der Waals surface area contributed by atoms with Gasteiger partial charge < -0.3 is 20.6 Å². The van der Waals surface area contributed by atoms with Crippen LogP contribution in [0.1, 0.15) is 62.4 Å². The van der Waals surface area contributed by atoms with E-state index in [1.165, 1.54) is 16.9 Å². The maximum atomic E-state index is 13.6. The lowest BCUT2D eigenvalue weighted by Crippen LogP contribution is -2.42. The summed E-state index contributed by atoms with van der Waals surface area (Å²) < 4.78 is 0. The predicted molar refractivity (Wildman–Crippen MR) is 149 cm³/mol. The number of fused-ring (bicyclic) bond motifs is 6. The van der Waals surface area contributed by atoms with E-state index < -0.39 is 0 Å². The van der Waals surface area contributed by atoms with Gasteiger partial charge in [-0.05, 0) is 96.8 Å². The van der Waals surface area contributed by atoms with E-state index in [4.69, 9.17) is 0 Å². The first kappa shape index (κ1) is 26.0. The summed E-state index contributed by atoms with van der Waals surface area (Å²) in [6, 6.07) is 12.6. The molecule has 0 fully saturated rings. The number of carbonyl (C=O) groups excluding carboxylic acids is 3. The molecule has 3 N–H and O–H groups in total. The Balaban J connectivity index is 1.36. The van der Waals surface area contributed by atoms with Crippen LogP contribution in [-0.2, 0) is 24.1 Å². The number of phenols is 1. The van der Waals surface area contributed by atoms with Gasteiger partial charge in [-0.3, -0.25) is 14.4 Å². The van der Waals surface area contributed by atoms with Crippen LogP contribution in [0.3, 0.4) is 0 Å². The molecule has 8 heteroatoms. The summed E-state index contributed by atoms with van der Waals surface area (Å²) in [4.78, 5) is 41.7. The zero-order valence-electron chi connectivity index (χ0n) is 21.4. The average molecular weight is 532 g/mol. The lowest BCUT2D eigenvalue weighted by Gasteiger charge is -2.23. The van der Waals surface area contributed by atoms with Gasteiger partial charge in [0.05, 0.1) is 11.4 Å². The minimum Gasteiger partial charge on any atom is -0.507 e. The van der Waals surface area contributed by atoms with Gasteiger partial charge in [-0.1, -0.05) is 18.2 Å². The molecule has 0 saturated heterocycles. The Morgan fingerprint density at radius 2 is 1.74 bits per heavy atom. The van der Waals surface area contributed by atoms with Crippen LogP contribution in [0.5, 0.6) is 5.75 Å². The zero-order chi connectivity index (χ0) is 26.5. The van der Waals surface area contributed by atoms with Gasteiger partial charge in [-0.2, -0.15) is 0 Å². The third-order valence-electron chi connectivity index (χ3n) is 7.29. The Bertz CT molecular complexity index is 1350. The highest BCUT2D eigenvalue weighted by Crippen LogP contribution is 2.32. The van der Waals surface area contributed by atoms with Crippen LogP contribution in [-0.4, -0.2) is 53.9 Å². The number of nitrogens with zero attached hydrogens (tertiary/aromatic N) is 1. The predicted octanol–water partition coefficient (Wildman–Crippen LogP) is 4.32. The summed E-state index contributed by atoms with van der Waals surface area (Å²) in [5, 5.41) is 18.5. The Morgan fingerprint density at radius 1 is 0.895 bits per heavy atom. The molecule has 198 valence electrons. The van der Waals surface area contributed by atoms with E-state index in [1.807, 2.05) is 24.3 Å². The third-order valence-corrected chi connectivity index (χ3v) is 8.35. The molecule has 1 aliphatic heterocycles. The number of carbonyl (C=O) groups is 3. The van der Waals surface area contributed by atoms with Gasteiger partial charge in [-0.15, -0.1) is 11.3 Å². The van der Waals surface area contributed by atoms with Crippen molar-refractivity contribution in [2.24, 2.45) is 0 Å². The van der Waals surface area contributed by atoms with Crippen molar-refractivity contribution in [2.45, 2.75) is 44.9 Å². The van der Waals surface area contributed by atoms with Gasteiger partial charge >= 0.3 is 0 Å². The number of amides is 3. The van der Waals surface area contributed by atoms with Crippen LogP contribution in [0.2, 0.25) is 0 Å². The number of aryl methyl sites for hydroxylation is 1. The van der Waals surface area contributed by atoms with Crippen LogP contribution in [0.4, 0.5) is 0 Å². The van der Waals surface area contributed by atoms with E-state index in [2.05, 4.69) is 16.0 Å². The van der Waals surface area contributed by atoms with Crippen molar-refractivity contribution in [2.75, 3.05) is 26.2 Å². The van der Waals surface area contributed by atoms with Crippen LogP contribution < -0.4 is 10.6 Å². The maximum Gasteiger partial charge on any atom is 0.264 e. The zero-order valence-corrected chi connectivity index (χ0v) is 22.2. The molecule has 0 atom stereocenters. The molecule has 3 aromatic rings. The first-order valence-corrected chi connectivity index (χ1v) is 14.2. The monoisotopic (exact) mass is 531 g/mol. The fourth-order valence-electron chi connectivity index (χ4n) is 5.20. The van der Waals surface area contributed by atoms with E-state index >= 15 is 0 Å². The molecule has 0 spiro atoms. The molecule has 4 bridgehead atoms. The SMILES string of the molecule is O=C1CN(C(=O)c2scc3c2CCCC3)CCCCNC(=O)c2cccc(c2)-c2cc(ccc2O)CCN1. The molecule has 1 aliphatic carbocycles. The summed E-state index contributed by atoms with van der Waals surface area (Å²) in [5.74, 6) is -0.313. The van der Waals surface area contributed by atoms with E-state index in [9.17, 15) is 19.5 Å². The molecular formula is C30H33N3O4S. The van der Waals surface area contributed by atoms with Crippen molar-refractivity contribution in [3.8, 4) is 16.9 Å². The second kappa shape index (κ2) is 11.8. The summed E-state index contributed by atoms with van der Waals surface area (Å²) in [7, 11) is 0. The van der Waals surface area contributed by atoms with Crippen molar-refractivity contribution in [1.29, 1.82) is 0 Å². The number of thiophene rings is 1. The normalized spacial score (nSPS) is 17.0. The van der Waals surface area contributed by atoms with E-state index in [0.717, 1.165) is 47.3 Å². The van der Waals surface area contributed by atoms with Crippen LogP contribution in [0.25, 0.3) is 11.1 Å². The Kier molecular flexibility index (Phi) is 8.08. The minimum absolute atomic E-state index is 0.00323. The molecule has 7 nitrogen and oxygen atoms in total. The van der Waals surface area contributed by atoms with Crippen LogP contribution in [0.15, 0.2) is 47.8 Å². The number of aromatic hydroxyl groups is 1. The molecule has 0 saturated carbocycles. The summed E-state index contributed by atoms with van der Waals surface area (Å²) in [6.45, 7) is 1.34. The number of benzene rings is 2. The quantitative estimate of drug-likeness (QED) is 0.436. The van der Waals surface area contributed by atoms with E-state index in [0.29, 0.717) is 50.0 Å². The molecule has 3 amide bonds. The maximum absolute atomic E-state index is 13.6. The van der Waals surface area contributed by atoms with Crippen molar-refractivity contribution >= 4 is 29.1 Å².